The highest BCUT2D eigenvalue weighted by molar-refractivity contribution is 6.34. The molecule has 0 spiro atoms. The van der Waals surface area contributed by atoms with Crippen LogP contribution in [0.5, 0.6) is 17.2 Å². The Balaban J connectivity index is 2.49. The molecule has 6 nitrogen and oxygen atoms in total. The van der Waals surface area contributed by atoms with Crippen molar-refractivity contribution < 1.29 is 28.5 Å². The Morgan fingerprint density at radius 3 is 2.41 bits per heavy atom. The molecule has 2 rings (SSSR count). The number of Topliss-reactive ketones (excluding diaryl/α,β-unsaturated/α-hetero) is 1. The first-order valence-corrected chi connectivity index (χ1v) is 11.8. The van der Waals surface area contributed by atoms with Gasteiger partial charge in [0.15, 0.2) is 17.3 Å². The average molecular weight is 491 g/mol. The van der Waals surface area contributed by atoms with E-state index in [1.807, 2.05) is 19.9 Å². The largest absolute Gasteiger partial charge is 0.496 e. The maximum atomic E-state index is 13.9. The highest BCUT2D eigenvalue weighted by Crippen LogP contribution is 2.45. The van der Waals surface area contributed by atoms with Crippen LogP contribution in [0.2, 0.25) is 5.02 Å². The molecule has 1 unspecified atom stereocenters. The molecule has 0 radical (unpaired) electrons. The minimum absolute atomic E-state index is 0.0722. The SMILES string of the molecule is CC/C=C(\C=C/C(C)C)COC1=CC(=O)CC(C)[C@H]1C(=O)c1c(OC)cc(OC)c(Cl)c1OC. The van der Waals surface area contributed by atoms with Gasteiger partial charge < -0.3 is 18.9 Å². The molecule has 7 heteroatoms. The molecule has 0 aliphatic heterocycles. The lowest BCUT2D eigenvalue weighted by Gasteiger charge is -2.29. The molecule has 0 saturated heterocycles. The smallest absolute Gasteiger partial charge is 0.181 e. The Morgan fingerprint density at radius 2 is 1.85 bits per heavy atom. The van der Waals surface area contributed by atoms with E-state index in [2.05, 4.69) is 26.0 Å². The zero-order valence-corrected chi connectivity index (χ0v) is 21.8. The third-order valence-electron chi connectivity index (χ3n) is 5.59. The zero-order chi connectivity index (χ0) is 25.4. The maximum absolute atomic E-state index is 13.9. The van der Waals surface area contributed by atoms with Crippen molar-refractivity contribution in [2.75, 3.05) is 27.9 Å². The fourth-order valence-corrected chi connectivity index (χ4v) is 4.24. The fourth-order valence-electron chi connectivity index (χ4n) is 3.94. The summed E-state index contributed by atoms with van der Waals surface area (Å²) in [7, 11) is 4.36. The van der Waals surface area contributed by atoms with Gasteiger partial charge in [0.2, 0.25) is 0 Å². The summed E-state index contributed by atoms with van der Waals surface area (Å²) < 4.78 is 22.4. The standard InChI is InChI=1S/C27H35ClO6/c1-8-9-18(11-10-16(2)3)15-34-21-13-19(29)12-17(4)23(21)26(30)24-20(31-5)14-22(32-6)25(28)27(24)33-7/h9-11,13-14,16-17,23H,8,12,15H2,1-7H3/b11-10-,18-9+/t17?,23-/m1/s1. The molecule has 0 heterocycles. The number of allylic oxidation sites excluding steroid dienone is 4. The first-order valence-electron chi connectivity index (χ1n) is 11.4. The van der Waals surface area contributed by atoms with E-state index in [-0.39, 0.29) is 52.6 Å². The zero-order valence-electron chi connectivity index (χ0n) is 21.1. The molecule has 1 aromatic rings. The molecule has 1 aliphatic carbocycles. The Labute approximate surface area is 207 Å². The third kappa shape index (κ3) is 6.44. The Hall–Kier alpha value is -2.73. The van der Waals surface area contributed by atoms with Crippen LogP contribution < -0.4 is 14.2 Å². The normalized spacial score (nSPS) is 18.8. The Kier molecular flexibility index (Phi) is 10.2. The predicted molar refractivity (Wildman–Crippen MR) is 134 cm³/mol. The van der Waals surface area contributed by atoms with Crippen LogP contribution in [-0.2, 0) is 9.53 Å². The highest BCUT2D eigenvalue weighted by atomic mass is 35.5. The lowest BCUT2D eigenvalue weighted by atomic mass is 9.78. The van der Waals surface area contributed by atoms with Crippen LogP contribution in [0.1, 0.15) is 50.9 Å². The van der Waals surface area contributed by atoms with Gasteiger partial charge in [-0.1, -0.05) is 57.5 Å². The van der Waals surface area contributed by atoms with E-state index in [9.17, 15) is 9.59 Å². The van der Waals surface area contributed by atoms with Crippen molar-refractivity contribution in [3.63, 3.8) is 0 Å². The number of ketones is 2. The quantitative estimate of drug-likeness (QED) is 0.271. The van der Waals surface area contributed by atoms with Crippen molar-refractivity contribution in [1.82, 2.24) is 0 Å². The molecule has 0 fully saturated rings. The van der Waals surface area contributed by atoms with Crippen LogP contribution in [-0.4, -0.2) is 39.5 Å². The summed E-state index contributed by atoms with van der Waals surface area (Å²) in [5, 5.41) is 0.173. The van der Waals surface area contributed by atoms with Crippen LogP contribution in [0.15, 0.2) is 41.7 Å². The fraction of sp³-hybridized carbons (Fsp3) is 0.481. The second kappa shape index (κ2) is 12.7. The number of rotatable bonds is 11. The van der Waals surface area contributed by atoms with Gasteiger partial charge in [0, 0.05) is 18.6 Å². The summed E-state index contributed by atoms with van der Waals surface area (Å²) in [6.07, 6.45) is 8.70. The summed E-state index contributed by atoms with van der Waals surface area (Å²) in [4.78, 5) is 26.3. The number of methoxy groups -OCH3 is 3. The van der Waals surface area contributed by atoms with Gasteiger partial charge in [-0.2, -0.15) is 0 Å². The van der Waals surface area contributed by atoms with Gasteiger partial charge >= 0.3 is 0 Å². The summed E-state index contributed by atoms with van der Waals surface area (Å²) in [6.45, 7) is 8.36. The van der Waals surface area contributed by atoms with E-state index in [4.69, 9.17) is 30.5 Å². The molecule has 34 heavy (non-hydrogen) atoms. The number of ether oxygens (including phenoxy) is 4. The first-order chi connectivity index (χ1) is 16.2. The first kappa shape index (κ1) is 27.5. The van der Waals surface area contributed by atoms with Crippen LogP contribution in [0.25, 0.3) is 0 Å². The van der Waals surface area contributed by atoms with E-state index in [0.717, 1.165) is 12.0 Å². The van der Waals surface area contributed by atoms with Gasteiger partial charge in [-0.25, -0.2) is 0 Å². The molecule has 2 atom stereocenters. The lowest BCUT2D eigenvalue weighted by Crippen LogP contribution is -2.31. The van der Waals surface area contributed by atoms with Gasteiger partial charge in [-0.15, -0.1) is 0 Å². The topological polar surface area (TPSA) is 71.1 Å². The molecular formula is C27H35ClO6. The summed E-state index contributed by atoms with van der Waals surface area (Å²) in [5.41, 5.74) is 1.18. The summed E-state index contributed by atoms with van der Waals surface area (Å²) >= 11 is 6.45. The van der Waals surface area contributed by atoms with Crippen LogP contribution in [0.4, 0.5) is 0 Å². The predicted octanol–water partition coefficient (Wildman–Crippen LogP) is 6.22. The van der Waals surface area contributed by atoms with Crippen LogP contribution in [0.3, 0.4) is 0 Å². The van der Waals surface area contributed by atoms with Gasteiger partial charge in [-0.3, -0.25) is 9.59 Å². The van der Waals surface area contributed by atoms with E-state index in [1.165, 1.54) is 27.4 Å². The van der Waals surface area contributed by atoms with Crippen molar-refractivity contribution >= 4 is 23.2 Å². The molecule has 0 N–H and O–H groups in total. The lowest BCUT2D eigenvalue weighted by molar-refractivity contribution is -0.116. The van der Waals surface area contributed by atoms with E-state index in [1.54, 1.807) is 6.07 Å². The Bertz CT molecular complexity index is 989. The number of carbonyl (C=O) groups is 2. The van der Waals surface area contributed by atoms with Crippen molar-refractivity contribution in [1.29, 1.82) is 0 Å². The molecule has 0 amide bonds. The van der Waals surface area contributed by atoms with Crippen molar-refractivity contribution in [3.8, 4) is 17.2 Å². The molecule has 0 saturated carbocycles. The minimum Gasteiger partial charge on any atom is -0.496 e. The summed E-state index contributed by atoms with van der Waals surface area (Å²) in [6, 6.07) is 1.56. The second-order valence-corrected chi connectivity index (χ2v) is 9.00. The highest BCUT2D eigenvalue weighted by Gasteiger charge is 2.39. The summed E-state index contributed by atoms with van der Waals surface area (Å²) in [5.74, 6) is 0.171. The molecular weight excluding hydrogens is 456 g/mol. The average Bonchev–Trinajstić information content (AvgIpc) is 2.79. The molecule has 0 bridgehead atoms. The van der Waals surface area contributed by atoms with E-state index in [0.29, 0.717) is 17.4 Å². The van der Waals surface area contributed by atoms with E-state index >= 15 is 0 Å². The van der Waals surface area contributed by atoms with Crippen molar-refractivity contribution in [2.45, 2.75) is 40.5 Å². The van der Waals surface area contributed by atoms with Crippen molar-refractivity contribution in [3.05, 3.63) is 52.3 Å². The third-order valence-corrected chi connectivity index (χ3v) is 5.95. The minimum atomic E-state index is -0.693. The Morgan fingerprint density at radius 1 is 1.18 bits per heavy atom. The monoisotopic (exact) mass is 490 g/mol. The number of hydrogen-bond donors (Lipinski definition) is 0. The van der Waals surface area contributed by atoms with Crippen LogP contribution in [0, 0.1) is 17.8 Å². The number of benzene rings is 1. The van der Waals surface area contributed by atoms with E-state index < -0.39 is 5.92 Å². The molecule has 1 aliphatic rings. The van der Waals surface area contributed by atoms with Gasteiger partial charge in [0.1, 0.15) is 34.5 Å². The number of carbonyl (C=O) groups excluding carboxylic acids is 2. The number of hydrogen-bond acceptors (Lipinski definition) is 6. The van der Waals surface area contributed by atoms with Crippen molar-refractivity contribution in [2.24, 2.45) is 17.8 Å². The molecule has 186 valence electrons. The molecule has 1 aromatic carbocycles. The van der Waals surface area contributed by atoms with Gasteiger partial charge in [0.25, 0.3) is 0 Å². The maximum Gasteiger partial charge on any atom is 0.181 e. The number of halogens is 1. The van der Waals surface area contributed by atoms with Gasteiger partial charge in [0.05, 0.1) is 27.2 Å². The van der Waals surface area contributed by atoms with Gasteiger partial charge in [-0.05, 0) is 23.8 Å². The van der Waals surface area contributed by atoms with Crippen LogP contribution >= 0.6 is 11.6 Å². The second-order valence-electron chi connectivity index (χ2n) is 8.62. The molecule has 0 aromatic heterocycles.